The van der Waals surface area contributed by atoms with Crippen molar-refractivity contribution in [3.05, 3.63) is 47.8 Å². The lowest BCUT2D eigenvalue weighted by Gasteiger charge is -2.63. The predicted molar refractivity (Wildman–Crippen MR) is 119 cm³/mol. The first-order valence-electron chi connectivity index (χ1n) is 11.8. The van der Waals surface area contributed by atoms with E-state index in [4.69, 9.17) is 9.72 Å². The van der Waals surface area contributed by atoms with Crippen molar-refractivity contribution in [2.45, 2.75) is 78.7 Å². The zero-order valence-corrected chi connectivity index (χ0v) is 18.9. The number of esters is 1. The van der Waals surface area contributed by atoms with Gasteiger partial charge in [0.25, 0.3) is 0 Å². The van der Waals surface area contributed by atoms with Crippen LogP contribution in [0.15, 0.2) is 42.1 Å². The maximum absolute atomic E-state index is 11.5. The molecule has 1 aromatic rings. The Hall–Kier alpha value is -1.90. The van der Waals surface area contributed by atoms with Gasteiger partial charge in [0.1, 0.15) is 6.10 Å². The summed E-state index contributed by atoms with van der Waals surface area (Å²) in [6.45, 7) is 9.13. The van der Waals surface area contributed by atoms with Crippen LogP contribution in [0.25, 0.3) is 5.57 Å². The number of hydrogen-bond acceptors (Lipinski definition) is 3. The van der Waals surface area contributed by atoms with E-state index in [2.05, 4.69) is 45.1 Å². The minimum Gasteiger partial charge on any atom is -0.462 e. The van der Waals surface area contributed by atoms with Gasteiger partial charge in [-0.05, 0) is 84.3 Å². The van der Waals surface area contributed by atoms with Crippen LogP contribution in [0.1, 0.15) is 78.3 Å². The van der Waals surface area contributed by atoms with Gasteiger partial charge in [-0.3, -0.25) is 9.78 Å². The average molecular weight is 406 g/mol. The Morgan fingerprint density at radius 1 is 1.07 bits per heavy atom. The van der Waals surface area contributed by atoms with Gasteiger partial charge in [0.05, 0.1) is 5.69 Å². The Balaban J connectivity index is 1.46. The number of hydrogen-bond donors (Lipinski definition) is 0. The smallest absolute Gasteiger partial charge is 0.302 e. The van der Waals surface area contributed by atoms with Crippen LogP contribution in [-0.4, -0.2) is 17.1 Å². The molecule has 0 aliphatic heterocycles. The van der Waals surface area contributed by atoms with Gasteiger partial charge in [-0.2, -0.15) is 0 Å². The highest BCUT2D eigenvalue weighted by Gasteiger charge is 2.62. The molecule has 0 saturated heterocycles. The molecule has 0 N–H and O–H groups in total. The molecule has 3 nitrogen and oxygen atoms in total. The highest BCUT2D eigenvalue weighted by molar-refractivity contribution is 5.70. The normalized spacial score (nSPS) is 42.3. The Kier molecular flexibility index (Phi) is 4.54. The fourth-order valence-electron chi connectivity index (χ4n) is 8.08. The molecule has 0 unspecified atom stereocenters. The van der Waals surface area contributed by atoms with Crippen LogP contribution < -0.4 is 0 Å². The molecule has 3 heteroatoms. The largest absolute Gasteiger partial charge is 0.462 e. The monoisotopic (exact) mass is 405 g/mol. The first-order valence-corrected chi connectivity index (χ1v) is 11.8. The third-order valence-corrected chi connectivity index (χ3v) is 9.48. The van der Waals surface area contributed by atoms with Crippen LogP contribution in [0.2, 0.25) is 0 Å². The van der Waals surface area contributed by atoms with Crippen molar-refractivity contribution >= 4 is 11.5 Å². The Bertz CT molecular complexity index is 918. The lowest BCUT2D eigenvalue weighted by Crippen LogP contribution is -2.55. The van der Waals surface area contributed by atoms with Crippen molar-refractivity contribution in [1.82, 2.24) is 4.98 Å². The molecule has 0 amide bonds. The number of rotatable bonds is 2. The summed E-state index contributed by atoms with van der Waals surface area (Å²) in [6.07, 6.45) is 15.0. The van der Waals surface area contributed by atoms with Crippen LogP contribution in [0.5, 0.6) is 0 Å². The molecule has 0 radical (unpaired) electrons. The molecule has 0 spiro atoms. The summed E-state index contributed by atoms with van der Waals surface area (Å²) in [5.74, 6) is 1.23. The zero-order valence-electron chi connectivity index (χ0n) is 18.9. The second-order valence-electron chi connectivity index (χ2n) is 11.0. The highest BCUT2D eigenvalue weighted by atomic mass is 16.5. The molecule has 2 fully saturated rings. The molecule has 0 aromatic carbocycles. The van der Waals surface area contributed by atoms with Gasteiger partial charge >= 0.3 is 5.97 Å². The van der Waals surface area contributed by atoms with Gasteiger partial charge < -0.3 is 4.74 Å². The third kappa shape index (κ3) is 2.77. The lowest BCUT2D eigenvalue weighted by atomic mass is 9.41. The molecule has 4 aliphatic rings. The summed E-state index contributed by atoms with van der Waals surface area (Å²) in [6, 6.07) is 6.31. The van der Waals surface area contributed by atoms with Gasteiger partial charge in [-0.25, -0.2) is 0 Å². The van der Waals surface area contributed by atoms with Crippen LogP contribution in [0.4, 0.5) is 0 Å². The summed E-state index contributed by atoms with van der Waals surface area (Å²) >= 11 is 0. The SMILES string of the molecule is CC(=O)O[C@H]1CC[C@@]2(C)C(=CC[C@]3(C)[C@@H]2CC[C@]2(C)C(c4ccccn4)=CC[C@@H]32)C1. The topological polar surface area (TPSA) is 39.2 Å². The molecule has 4 aliphatic carbocycles. The van der Waals surface area contributed by atoms with E-state index in [1.165, 1.54) is 37.5 Å². The van der Waals surface area contributed by atoms with Gasteiger partial charge in [0.15, 0.2) is 0 Å². The van der Waals surface area contributed by atoms with E-state index in [0.29, 0.717) is 17.3 Å². The predicted octanol–water partition coefficient (Wildman–Crippen LogP) is 6.36. The molecular formula is C27H35NO2. The average Bonchev–Trinajstić information content (AvgIpc) is 3.07. The summed E-state index contributed by atoms with van der Waals surface area (Å²) in [5, 5.41) is 0. The summed E-state index contributed by atoms with van der Waals surface area (Å²) < 4.78 is 5.60. The molecule has 6 atom stereocenters. The quantitative estimate of drug-likeness (QED) is 0.424. The summed E-state index contributed by atoms with van der Waals surface area (Å²) in [7, 11) is 0. The van der Waals surface area contributed by atoms with E-state index in [0.717, 1.165) is 25.7 Å². The number of fused-ring (bicyclic) bond motifs is 5. The van der Waals surface area contributed by atoms with Crippen molar-refractivity contribution in [1.29, 1.82) is 0 Å². The Labute approximate surface area is 181 Å². The molecule has 5 rings (SSSR count). The van der Waals surface area contributed by atoms with E-state index in [1.54, 1.807) is 5.57 Å². The maximum Gasteiger partial charge on any atom is 0.302 e. The van der Waals surface area contributed by atoms with Gasteiger partial charge in [0.2, 0.25) is 0 Å². The van der Waals surface area contributed by atoms with Crippen LogP contribution >= 0.6 is 0 Å². The second-order valence-corrected chi connectivity index (χ2v) is 11.0. The Morgan fingerprint density at radius 3 is 2.60 bits per heavy atom. The fourth-order valence-corrected chi connectivity index (χ4v) is 8.08. The first kappa shape index (κ1) is 20.0. The van der Waals surface area contributed by atoms with Crippen LogP contribution in [0, 0.1) is 28.1 Å². The molecule has 0 bridgehead atoms. The third-order valence-electron chi connectivity index (χ3n) is 9.48. The Morgan fingerprint density at radius 2 is 1.87 bits per heavy atom. The maximum atomic E-state index is 11.5. The lowest BCUT2D eigenvalue weighted by molar-refractivity contribution is -0.149. The van der Waals surface area contributed by atoms with Crippen molar-refractivity contribution in [2.24, 2.45) is 28.1 Å². The van der Waals surface area contributed by atoms with Gasteiger partial charge in [-0.1, -0.05) is 44.6 Å². The van der Waals surface area contributed by atoms with E-state index in [1.807, 2.05) is 12.3 Å². The van der Waals surface area contributed by atoms with E-state index in [9.17, 15) is 4.79 Å². The molecule has 1 aromatic heterocycles. The number of allylic oxidation sites excluding steroid dienone is 3. The van der Waals surface area contributed by atoms with Crippen molar-refractivity contribution in [2.75, 3.05) is 0 Å². The molecular weight excluding hydrogens is 370 g/mol. The number of carbonyl (C=O) groups is 1. The summed E-state index contributed by atoms with van der Waals surface area (Å²) in [4.78, 5) is 16.2. The van der Waals surface area contributed by atoms with Crippen molar-refractivity contribution in [3.63, 3.8) is 0 Å². The van der Waals surface area contributed by atoms with Crippen molar-refractivity contribution < 1.29 is 9.53 Å². The summed E-state index contributed by atoms with van der Waals surface area (Å²) in [5.41, 5.74) is 4.99. The van der Waals surface area contributed by atoms with Gasteiger partial charge in [-0.15, -0.1) is 0 Å². The number of aromatic nitrogens is 1. The fraction of sp³-hybridized carbons (Fsp3) is 0.630. The minimum atomic E-state index is -0.141. The molecule has 1 heterocycles. The zero-order chi connectivity index (χ0) is 21.1. The van der Waals surface area contributed by atoms with Crippen LogP contribution in [0.3, 0.4) is 0 Å². The first-order chi connectivity index (χ1) is 14.3. The van der Waals surface area contributed by atoms with Crippen molar-refractivity contribution in [3.8, 4) is 0 Å². The van der Waals surface area contributed by atoms with Gasteiger partial charge in [0, 0.05) is 19.5 Å². The number of nitrogens with zero attached hydrogens (tertiary/aromatic N) is 1. The van der Waals surface area contributed by atoms with E-state index in [-0.39, 0.29) is 22.9 Å². The van der Waals surface area contributed by atoms with Crippen LogP contribution in [-0.2, 0) is 9.53 Å². The number of carbonyl (C=O) groups excluding carboxylic acids is 1. The minimum absolute atomic E-state index is 0.0731. The number of pyridine rings is 1. The second kappa shape index (κ2) is 6.80. The molecule has 2 saturated carbocycles. The number of ether oxygens (including phenoxy) is 1. The van der Waals surface area contributed by atoms with E-state index >= 15 is 0 Å². The standard InChI is InChI=1S/C27H35NO2/c1-18(29)30-20-11-14-25(2)19(17-20)10-13-27(4)23-9-8-21(22-7-5-6-16-28-22)26(23,3)15-12-24(25)27/h5-8,10,16,20,23-24H,9,11-15,17H2,1-4H3/t20-,23+,24+,25-,26+,27-/m0/s1. The molecule has 160 valence electrons. The highest BCUT2D eigenvalue weighted by Crippen LogP contribution is 2.71. The molecule has 30 heavy (non-hydrogen) atoms. The van der Waals surface area contributed by atoms with E-state index < -0.39 is 0 Å².